The summed E-state index contributed by atoms with van der Waals surface area (Å²) in [6, 6.07) is 11.2. The Kier molecular flexibility index (Phi) is 6.69. The van der Waals surface area contributed by atoms with Crippen LogP contribution in [0.3, 0.4) is 0 Å². The minimum Gasteiger partial charge on any atom is -0.444 e. The third-order valence-electron chi connectivity index (χ3n) is 3.44. The molecule has 0 aliphatic rings. The van der Waals surface area contributed by atoms with E-state index in [0.29, 0.717) is 25.2 Å². The van der Waals surface area contributed by atoms with Gasteiger partial charge in [0.25, 0.3) is 0 Å². The van der Waals surface area contributed by atoms with Crippen LogP contribution in [0.2, 0.25) is 0 Å². The number of benzene rings is 2. The van der Waals surface area contributed by atoms with E-state index in [1.807, 2.05) is 45.0 Å². The molecule has 0 aliphatic heterocycles. The number of rotatable bonds is 6. The van der Waals surface area contributed by atoms with Crippen LogP contribution in [0.25, 0.3) is 0 Å². The molecule has 2 N–H and O–H groups in total. The molecule has 0 radical (unpaired) electrons. The van der Waals surface area contributed by atoms with Gasteiger partial charge in [-0.15, -0.1) is 0 Å². The van der Waals surface area contributed by atoms with E-state index in [-0.39, 0.29) is 0 Å². The van der Waals surface area contributed by atoms with Gasteiger partial charge in [-0.25, -0.2) is 13.6 Å². The minimum atomic E-state index is -0.580. The van der Waals surface area contributed by atoms with E-state index in [1.165, 1.54) is 12.1 Å². The lowest BCUT2D eigenvalue weighted by molar-refractivity contribution is 0.0523. The van der Waals surface area contributed by atoms with Crippen molar-refractivity contribution in [3.63, 3.8) is 0 Å². The van der Waals surface area contributed by atoms with Gasteiger partial charge in [-0.05, 0) is 49.6 Å². The first-order valence-corrected chi connectivity index (χ1v) is 8.42. The molecule has 0 atom stereocenters. The lowest BCUT2D eigenvalue weighted by Gasteiger charge is -2.19. The number of hydrogen-bond acceptors (Lipinski definition) is 3. The Morgan fingerprint density at radius 1 is 0.885 bits per heavy atom. The Hall–Kier alpha value is -2.47. The molecule has 0 heterocycles. The lowest BCUT2D eigenvalue weighted by atomic mass is 10.1. The second-order valence-corrected chi connectivity index (χ2v) is 7.05. The maximum Gasteiger partial charge on any atom is 0.407 e. The highest BCUT2D eigenvalue weighted by atomic mass is 19.1. The zero-order valence-electron chi connectivity index (χ0n) is 15.2. The van der Waals surface area contributed by atoms with Gasteiger partial charge in [-0.3, -0.25) is 0 Å². The second-order valence-electron chi connectivity index (χ2n) is 7.05. The molecule has 140 valence electrons. The number of carbonyl (C=O) groups excluding carboxylic acids is 1. The van der Waals surface area contributed by atoms with Crippen molar-refractivity contribution in [1.82, 2.24) is 10.6 Å². The second kappa shape index (κ2) is 8.76. The van der Waals surface area contributed by atoms with Crippen LogP contribution in [0.1, 0.15) is 37.5 Å². The van der Waals surface area contributed by atoms with Crippen LogP contribution in [-0.2, 0) is 24.4 Å². The van der Waals surface area contributed by atoms with E-state index < -0.39 is 23.3 Å². The molecule has 0 saturated heterocycles. The molecule has 0 spiro atoms. The molecule has 0 fully saturated rings. The van der Waals surface area contributed by atoms with Gasteiger partial charge < -0.3 is 15.4 Å². The average Bonchev–Trinajstić information content (AvgIpc) is 2.51. The molecule has 4 nitrogen and oxygen atoms in total. The van der Waals surface area contributed by atoms with Crippen molar-refractivity contribution in [3.05, 3.63) is 70.8 Å². The number of alkyl carbamates (subject to hydrolysis) is 1. The van der Waals surface area contributed by atoms with Gasteiger partial charge in [0.05, 0.1) is 0 Å². The Balaban J connectivity index is 1.77. The number of ether oxygens (including phenoxy) is 1. The van der Waals surface area contributed by atoms with E-state index in [9.17, 15) is 13.6 Å². The highest BCUT2D eigenvalue weighted by molar-refractivity contribution is 5.67. The van der Waals surface area contributed by atoms with Gasteiger partial charge in [-0.1, -0.05) is 24.3 Å². The van der Waals surface area contributed by atoms with E-state index in [4.69, 9.17) is 4.74 Å². The Bertz CT molecular complexity index is 720. The van der Waals surface area contributed by atoms with Crippen LogP contribution in [0.15, 0.2) is 42.5 Å². The molecular weight excluding hydrogens is 338 g/mol. The zero-order chi connectivity index (χ0) is 19.2. The first-order chi connectivity index (χ1) is 12.2. The maximum atomic E-state index is 13.1. The van der Waals surface area contributed by atoms with E-state index in [0.717, 1.165) is 17.2 Å². The van der Waals surface area contributed by atoms with Crippen LogP contribution in [0, 0.1) is 11.6 Å². The molecule has 0 unspecified atom stereocenters. The Morgan fingerprint density at radius 2 is 1.38 bits per heavy atom. The van der Waals surface area contributed by atoms with E-state index >= 15 is 0 Å². The quantitative estimate of drug-likeness (QED) is 0.806. The monoisotopic (exact) mass is 362 g/mol. The molecule has 0 aromatic heterocycles. The number of amides is 1. The Labute approximate surface area is 152 Å². The highest BCUT2D eigenvalue weighted by Crippen LogP contribution is 2.10. The van der Waals surface area contributed by atoms with Crippen molar-refractivity contribution >= 4 is 6.09 Å². The lowest BCUT2D eigenvalue weighted by Crippen LogP contribution is -2.32. The van der Waals surface area contributed by atoms with Crippen LogP contribution in [0.4, 0.5) is 13.6 Å². The summed E-state index contributed by atoms with van der Waals surface area (Å²) < 4.78 is 31.5. The molecule has 26 heavy (non-hydrogen) atoms. The molecule has 2 aromatic carbocycles. The number of nitrogens with one attached hydrogen (secondary N) is 2. The molecule has 0 saturated carbocycles. The van der Waals surface area contributed by atoms with E-state index in [2.05, 4.69) is 10.6 Å². The Morgan fingerprint density at radius 3 is 1.92 bits per heavy atom. The van der Waals surface area contributed by atoms with Crippen LogP contribution < -0.4 is 10.6 Å². The zero-order valence-corrected chi connectivity index (χ0v) is 15.2. The fraction of sp³-hybridized carbons (Fsp3) is 0.350. The summed E-state index contributed by atoms with van der Waals surface area (Å²) >= 11 is 0. The normalized spacial score (nSPS) is 11.3. The van der Waals surface area contributed by atoms with Crippen LogP contribution in [-0.4, -0.2) is 11.7 Å². The summed E-state index contributed by atoms with van der Waals surface area (Å²) in [7, 11) is 0. The van der Waals surface area contributed by atoms with Crippen LogP contribution in [0.5, 0.6) is 0 Å². The predicted octanol–water partition coefficient (Wildman–Crippen LogP) is 4.28. The summed E-state index contributed by atoms with van der Waals surface area (Å²) in [6.07, 6.45) is -0.453. The summed E-state index contributed by atoms with van der Waals surface area (Å²) in [5.41, 5.74) is 2.01. The third kappa shape index (κ3) is 7.19. The topological polar surface area (TPSA) is 50.4 Å². The summed E-state index contributed by atoms with van der Waals surface area (Å²) in [5, 5.41) is 5.85. The van der Waals surface area contributed by atoms with Gasteiger partial charge in [0, 0.05) is 25.7 Å². The van der Waals surface area contributed by atoms with Gasteiger partial charge in [0.15, 0.2) is 0 Å². The van der Waals surface area contributed by atoms with Gasteiger partial charge in [-0.2, -0.15) is 0 Å². The number of hydrogen-bond donors (Lipinski definition) is 2. The van der Waals surface area contributed by atoms with Gasteiger partial charge >= 0.3 is 6.09 Å². The van der Waals surface area contributed by atoms with Crippen molar-refractivity contribution in [2.75, 3.05) is 0 Å². The van der Waals surface area contributed by atoms with Crippen molar-refractivity contribution in [3.8, 4) is 0 Å². The summed E-state index contributed by atoms with van der Waals surface area (Å²) in [5.74, 6) is -1.16. The van der Waals surface area contributed by atoms with Crippen molar-refractivity contribution in [2.24, 2.45) is 0 Å². The third-order valence-corrected chi connectivity index (χ3v) is 3.44. The highest BCUT2D eigenvalue weighted by Gasteiger charge is 2.15. The van der Waals surface area contributed by atoms with Crippen molar-refractivity contribution in [1.29, 1.82) is 0 Å². The number of halogens is 2. The minimum absolute atomic E-state index is 0.372. The molecule has 0 bridgehead atoms. The van der Waals surface area contributed by atoms with Crippen molar-refractivity contribution in [2.45, 2.75) is 46.0 Å². The smallest absolute Gasteiger partial charge is 0.407 e. The van der Waals surface area contributed by atoms with Gasteiger partial charge in [0.1, 0.15) is 17.2 Å². The molecule has 0 aliphatic carbocycles. The van der Waals surface area contributed by atoms with Crippen LogP contribution >= 0.6 is 0 Å². The maximum absolute atomic E-state index is 13.1. The summed E-state index contributed by atoms with van der Waals surface area (Å²) in [4.78, 5) is 11.6. The summed E-state index contributed by atoms with van der Waals surface area (Å²) in [6.45, 7) is 6.76. The average molecular weight is 362 g/mol. The number of carbonyl (C=O) groups is 1. The largest absolute Gasteiger partial charge is 0.444 e. The molecule has 2 rings (SSSR count). The molecular formula is C20H24F2N2O2. The molecule has 1 amide bonds. The molecule has 2 aromatic rings. The standard InChI is InChI=1S/C20H24F2N2O2/c1-20(2,3)26-19(25)24-13-15-6-4-14(5-7-15)11-23-12-16-8-17(21)10-18(22)9-16/h4-10,23H,11-13H2,1-3H3,(H,24,25). The van der Waals surface area contributed by atoms with Crippen molar-refractivity contribution < 1.29 is 18.3 Å². The van der Waals surface area contributed by atoms with Gasteiger partial charge in [0.2, 0.25) is 0 Å². The SMILES string of the molecule is CC(C)(C)OC(=O)NCc1ccc(CNCc2cc(F)cc(F)c2)cc1. The fourth-order valence-electron chi connectivity index (χ4n) is 2.33. The molecule has 6 heteroatoms. The predicted molar refractivity (Wildman–Crippen MR) is 96.4 cm³/mol. The van der Waals surface area contributed by atoms with E-state index in [1.54, 1.807) is 0 Å². The first kappa shape index (κ1) is 19.8. The fourth-order valence-corrected chi connectivity index (χ4v) is 2.33. The first-order valence-electron chi connectivity index (χ1n) is 8.42.